The molecule has 0 saturated carbocycles. The van der Waals surface area contributed by atoms with Gasteiger partial charge in [-0.15, -0.1) is 0 Å². The Morgan fingerprint density at radius 1 is 1.44 bits per heavy atom. The molecule has 1 rings (SSSR count). The number of anilines is 1. The van der Waals surface area contributed by atoms with Gasteiger partial charge in [0.05, 0.1) is 12.7 Å². The Morgan fingerprint density at radius 3 is 2.72 bits per heavy atom. The van der Waals surface area contributed by atoms with Gasteiger partial charge in [0.1, 0.15) is 5.75 Å². The van der Waals surface area contributed by atoms with E-state index >= 15 is 0 Å². The second-order valence-electron chi connectivity index (χ2n) is 4.37. The van der Waals surface area contributed by atoms with Gasteiger partial charge in [0, 0.05) is 18.3 Å². The summed E-state index contributed by atoms with van der Waals surface area (Å²) in [4.78, 5) is 13.9. The molecule has 5 nitrogen and oxygen atoms in total. The fourth-order valence-electron chi connectivity index (χ4n) is 1.57. The first-order valence-electron chi connectivity index (χ1n) is 5.91. The molecule has 0 bridgehead atoms. The summed E-state index contributed by atoms with van der Waals surface area (Å²) in [6.45, 7) is 1.58. The molecule has 0 unspecified atom stereocenters. The van der Waals surface area contributed by atoms with Gasteiger partial charge in [-0.3, -0.25) is 4.79 Å². The van der Waals surface area contributed by atoms with Crippen LogP contribution in [-0.2, 0) is 0 Å². The lowest BCUT2D eigenvalue weighted by Crippen LogP contribution is -2.27. The standard InChI is InChI=1S/C13H21N3O2/c1-16(2)8-4-7-15-13(17)11-6-5-10(18-3)9-12(11)14/h5-6,9H,4,7-8,14H2,1-3H3,(H,15,17). The van der Waals surface area contributed by atoms with Crippen LogP contribution in [0.25, 0.3) is 0 Å². The Hall–Kier alpha value is -1.75. The van der Waals surface area contributed by atoms with E-state index in [1.807, 2.05) is 14.1 Å². The van der Waals surface area contributed by atoms with Crippen LogP contribution in [-0.4, -0.2) is 45.1 Å². The number of ether oxygens (including phenoxy) is 1. The van der Waals surface area contributed by atoms with Crippen LogP contribution in [0.5, 0.6) is 5.75 Å². The summed E-state index contributed by atoms with van der Waals surface area (Å²) < 4.78 is 5.04. The van der Waals surface area contributed by atoms with Gasteiger partial charge in [-0.25, -0.2) is 0 Å². The third-order valence-corrected chi connectivity index (χ3v) is 2.57. The van der Waals surface area contributed by atoms with Crippen LogP contribution in [0.4, 0.5) is 5.69 Å². The molecule has 0 heterocycles. The summed E-state index contributed by atoms with van der Waals surface area (Å²) in [6, 6.07) is 5.05. The maximum Gasteiger partial charge on any atom is 0.253 e. The van der Waals surface area contributed by atoms with Crippen molar-refractivity contribution >= 4 is 11.6 Å². The zero-order valence-electron chi connectivity index (χ0n) is 11.2. The van der Waals surface area contributed by atoms with E-state index in [0.717, 1.165) is 13.0 Å². The Kier molecular flexibility index (Phi) is 5.45. The smallest absolute Gasteiger partial charge is 0.253 e. The molecule has 0 aromatic heterocycles. The van der Waals surface area contributed by atoms with Crippen molar-refractivity contribution in [3.8, 4) is 5.75 Å². The molecule has 1 aromatic rings. The number of nitrogens with two attached hydrogens (primary N) is 1. The lowest BCUT2D eigenvalue weighted by molar-refractivity contribution is 0.0953. The molecule has 100 valence electrons. The Morgan fingerprint density at radius 2 is 2.17 bits per heavy atom. The monoisotopic (exact) mass is 251 g/mol. The van der Waals surface area contributed by atoms with Crippen molar-refractivity contribution in [3.63, 3.8) is 0 Å². The van der Waals surface area contributed by atoms with Crippen LogP contribution in [0, 0.1) is 0 Å². The molecule has 0 aliphatic carbocycles. The van der Waals surface area contributed by atoms with Gasteiger partial charge in [0.25, 0.3) is 5.91 Å². The maximum absolute atomic E-state index is 11.9. The molecule has 0 atom stereocenters. The van der Waals surface area contributed by atoms with Gasteiger partial charge < -0.3 is 20.7 Å². The van der Waals surface area contributed by atoms with Crippen LogP contribution >= 0.6 is 0 Å². The number of carbonyl (C=O) groups is 1. The molecule has 0 fully saturated rings. The summed E-state index contributed by atoms with van der Waals surface area (Å²) in [5, 5.41) is 2.85. The highest BCUT2D eigenvalue weighted by atomic mass is 16.5. The molecule has 18 heavy (non-hydrogen) atoms. The molecular weight excluding hydrogens is 230 g/mol. The molecular formula is C13H21N3O2. The first-order chi connectivity index (χ1) is 8.54. The van der Waals surface area contributed by atoms with Gasteiger partial charge in [-0.1, -0.05) is 0 Å². The summed E-state index contributed by atoms with van der Waals surface area (Å²) in [5.41, 5.74) is 6.72. The summed E-state index contributed by atoms with van der Waals surface area (Å²) in [5.74, 6) is 0.505. The van der Waals surface area contributed by atoms with Crippen molar-refractivity contribution in [2.45, 2.75) is 6.42 Å². The van der Waals surface area contributed by atoms with E-state index in [9.17, 15) is 4.79 Å². The van der Waals surface area contributed by atoms with Gasteiger partial charge in [-0.05, 0) is 39.2 Å². The minimum absolute atomic E-state index is 0.145. The van der Waals surface area contributed by atoms with Gasteiger partial charge in [0.2, 0.25) is 0 Å². The summed E-state index contributed by atoms with van der Waals surface area (Å²) >= 11 is 0. The highest BCUT2D eigenvalue weighted by Gasteiger charge is 2.09. The minimum Gasteiger partial charge on any atom is -0.497 e. The molecule has 1 amide bonds. The Bertz CT molecular complexity index is 405. The van der Waals surface area contributed by atoms with Crippen molar-refractivity contribution in [3.05, 3.63) is 23.8 Å². The van der Waals surface area contributed by atoms with Crippen LogP contribution in [0.1, 0.15) is 16.8 Å². The first kappa shape index (κ1) is 14.3. The number of rotatable bonds is 6. The van der Waals surface area contributed by atoms with E-state index in [2.05, 4.69) is 10.2 Å². The fourth-order valence-corrected chi connectivity index (χ4v) is 1.57. The number of nitrogens with one attached hydrogen (secondary N) is 1. The zero-order valence-corrected chi connectivity index (χ0v) is 11.2. The first-order valence-corrected chi connectivity index (χ1v) is 5.91. The third-order valence-electron chi connectivity index (χ3n) is 2.57. The summed E-state index contributed by atoms with van der Waals surface area (Å²) in [6.07, 6.45) is 0.912. The lowest BCUT2D eigenvalue weighted by atomic mass is 10.1. The van der Waals surface area contributed by atoms with E-state index in [1.165, 1.54) is 0 Å². The number of nitrogens with zero attached hydrogens (tertiary/aromatic N) is 1. The lowest BCUT2D eigenvalue weighted by Gasteiger charge is -2.11. The second kappa shape index (κ2) is 6.86. The van der Waals surface area contributed by atoms with Crippen molar-refractivity contribution < 1.29 is 9.53 Å². The van der Waals surface area contributed by atoms with Crippen molar-refractivity contribution in [1.82, 2.24) is 10.2 Å². The Balaban J connectivity index is 2.51. The molecule has 1 aromatic carbocycles. The van der Waals surface area contributed by atoms with E-state index in [-0.39, 0.29) is 5.91 Å². The number of amides is 1. The Labute approximate surface area is 108 Å². The molecule has 0 aliphatic rings. The number of benzene rings is 1. The van der Waals surface area contributed by atoms with E-state index in [1.54, 1.807) is 25.3 Å². The highest BCUT2D eigenvalue weighted by Crippen LogP contribution is 2.19. The predicted molar refractivity (Wildman–Crippen MR) is 72.9 cm³/mol. The number of carbonyl (C=O) groups excluding carboxylic acids is 1. The van der Waals surface area contributed by atoms with Crippen LogP contribution in [0.2, 0.25) is 0 Å². The average molecular weight is 251 g/mol. The van der Waals surface area contributed by atoms with Crippen LogP contribution in [0.3, 0.4) is 0 Å². The van der Waals surface area contributed by atoms with Crippen molar-refractivity contribution in [2.75, 3.05) is 40.0 Å². The summed E-state index contributed by atoms with van der Waals surface area (Å²) in [7, 11) is 5.57. The average Bonchev–Trinajstić information content (AvgIpc) is 2.33. The van der Waals surface area contributed by atoms with E-state index < -0.39 is 0 Å². The van der Waals surface area contributed by atoms with Crippen molar-refractivity contribution in [1.29, 1.82) is 0 Å². The quantitative estimate of drug-likeness (QED) is 0.583. The SMILES string of the molecule is COc1ccc(C(=O)NCCCN(C)C)c(N)c1. The maximum atomic E-state index is 11.9. The van der Waals surface area contributed by atoms with E-state index in [4.69, 9.17) is 10.5 Å². The molecule has 0 spiro atoms. The predicted octanol–water partition coefficient (Wildman–Crippen LogP) is 0.959. The number of hydrogen-bond acceptors (Lipinski definition) is 4. The number of methoxy groups -OCH3 is 1. The molecule has 0 aliphatic heterocycles. The van der Waals surface area contributed by atoms with Gasteiger partial charge in [0.15, 0.2) is 0 Å². The highest BCUT2D eigenvalue weighted by molar-refractivity contribution is 5.99. The van der Waals surface area contributed by atoms with Crippen LogP contribution in [0.15, 0.2) is 18.2 Å². The van der Waals surface area contributed by atoms with Gasteiger partial charge in [-0.2, -0.15) is 0 Å². The van der Waals surface area contributed by atoms with E-state index in [0.29, 0.717) is 23.5 Å². The molecule has 0 saturated heterocycles. The van der Waals surface area contributed by atoms with Crippen molar-refractivity contribution in [2.24, 2.45) is 0 Å². The minimum atomic E-state index is -0.145. The number of hydrogen-bond donors (Lipinski definition) is 2. The molecule has 0 radical (unpaired) electrons. The normalized spacial score (nSPS) is 10.4. The third kappa shape index (κ3) is 4.25. The number of nitrogen functional groups attached to an aromatic ring is 1. The molecule has 5 heteroatoms. The van der Waals surface area contributed by atoms with Crippen LogP contribution < -0.4 is 15.8 Å². The topological polar surface area (TPSA) is 67.6 Å². The van der Waals surface area contributed by atoms with Gasteiger partial charge >= 0.3 is 0 Å². The largest absolute Gasteiger partial charge is 0.497 e. The molecule has 3 N–H and O–H groups in total. The fraction of sp³-hybridized carbons (Fsp3) is 0.462. The second-order valence-corrected chi connectivity index (χ2v) is 4.37. The zero-order chi connectivity index (χ0) is 13.5.